The molecule has 0 bridgehead atoms. The number of hydrogen-bond donors (Lipinski definition) is 0. The molecule has 0 spiro atoms. The lowest BCUT2D eigenvalue weighted by atomic mass is 10.2. The first-order valence-corrected chi connectivity index (χ1v) is 6.67. The maximum absolute atomic E-state index is 12.2. The van der Waals surface area contributed by atoms with Gasteiger partial charge < -0.3 is 14.2 Å². The Morgan fingerprint density at radius 1 is 1.38 bits per heavy atom. The minimum absolute atomic E-state index is 0.0700. The maximum Gasteiger partial charge on any atom is 0.260 e. The number of nitrogens with zero attached hydrogens (tertiary/aromatic N) is 4. The molecule has 0 fully saturated rings. The second-order valence-corrected chi connectivity index (χ2v) is 4.75. The summed E-state index contributed by atoms with van der Waals surface area (Å²) in [5, 5.41) is 8.98. The van der Waals surface area contributed by atoms with Crippen LogP contribution in [0.2, 0.25) is 0 Å². The van der Waals surface area contributed by atoms with Crippen molar-refractivity contribution in [3.63, 3.8) is 0 Å². The van der Waals surface area contributed by atoms with E-state index in [1.807, 2.05) is 16.8 Å². The highest BCUT2D eigenvalue weighted by molar-refractivity contribution is 5.77. The highest BCUT2D eigenvalue weighted by Crippen LogP contribution is 2.17. The van der Waals surface area contributed by atoms with Gasteiger partial charge in [0.15, 0.2) is 6.61 Å². The van der Waals surface area contributed by atoms with Gasteiger partial charge in [0, 0.05) is 25.5 Å². The molecule has 0 aliphatic carbocycles. The lowest BCUT2D eigenvalue weighted by molar-refractivity contribution is -0.134. The van der Waals surface area contributed by atoms with Gasteiger partial charge in [-0.3, -0.25) is 4.79 Å². The van der Waals surface area contributed by atoms with Crippen molar-refractivity contribution in [3.05, 3.63) is 48.0 Å². The largest absolute Gasteiger partial charge is 0.482 e. The van der Waals surface area contributed by atoms with Crippen molar-refractivity contribution in [1.82, 2.24) is 14.5 Å². The van der Waals surface area contributed by atoms with Crippen LogP contribution in [-0.2, 0) is 17.9 Å². The van der Waals surface area contributed by atoms with E-state index < -0.39 is 0 Å². The van der Waals surface area contributed by atoms with E-state index >= 15 is 0 Å². The zero-order valence-electron chi connectivity index (χ0n) is 11.4. The molecule has 1 aromatic carbocycles. The zero-order valence-corrected chi connectivity index (χ0v) is 11.4. The third-order valence-corrected chi connectivity index (χ3v) is 3.46. The van der Waals surface area contributed by atoms with Crippen molar-refractivity contribution < 1.29 is 9.53 Å². The molecule has 0 N–H and O–H groups in total. The number of imidazole rings is 1. The van der Waals surface area contributed by atoms with Gasteiger partial charge in [-0.25, -0.2) is 4.98 Å². The second-order valence-electron chi connectivity index (χ2n) is 4.75. The van der Waals surface area contributed by atoms with Gasteiger partial charge in [-0.1, -0.05) is 12.1 Å². The molecule has 6 heteroatoms. The lowest BCUT2D eigenvalue weighted by Gasteiger charge is -2.27. The molecule has 21 heavy (non-hydrogen) atoms. The van der Waals surface area contributed by atoms with Crippen LogP contribution >= 0.6 is 0 Å². The normalized spacial score (nSPS) is 13.4. The number of nitriles is 1. The fourth-order valence-electron chi connectivity index (χ4n) is 2.30. The molecular weight excluding hydrogens is 268 g/mol. The van der Waals surface area contributed by atoms with Crippen molar-refractivity contribution >= 4 is 5.91 Å². The van der Waals surface area contributed by atoms with Crippen LogP contribution in [0.3, 0.4) is 0 Å². The van der Waals surface area contributed by atoms with Gasteiger partial charge in [-0.05, 0) is 12.1 Å². The Kier molecular flexibility index (Phi) is 3.56. The predicted molar refractivity (Wildman–Crippen MR) is 74.3 cm³/mol. The summed E-state index contributed by atoms with van der Waals surface area (Å²) in [6, 6.07) is 8.94. The molecule has 106 valence electrons. The van der Waals surface area contributed by atoms with Gasteiger partial charge in [0.2, 0.25) is 0 Å². The quantitative estimate of drug-likeness (QED) is 0.847. The van der Waals surface area contributed by atoms with Crippen LogP contribution in [0.15, 0.2) is 36.7 Å². The van der Waals surface area contributed by atoms with Crippen molar-refractivity contribution in [1.29, 1.82) is 5.26 Å². The van der Waals surface area contributed by atoms with E-state index in [4.69, 9.17) is 10.00 Å². The molecule has 1 amide bonds. The summed E-state index contributed by atoms with van der Waals surface area (Å²) in [6.07, 6.45) is 3.65. The molecule has 1 aliphatic rings. The molecule has 0 saturated carbocycles. The molecule has 0 radical (unpaired) electrons. The van der Waals surface area contributed by atoms with Crippen molar-refractivity contribution in [3.8, 4) is 11.8 Å². The van der Waals surface area contributed by atoms with Crippen LogP contribution in [0.25, 0.3) is 0 Å². The monoisotopic (exact) mass is 282 g/mol. The molecular formula is C15H14N4O2. The topological polar surface area (TPSA) is 71.2 Å². The van der Waals surface area contributed by atoms with Gasteiger partial charge in [0.1, 0.15) is 17.6 Å². The number of carbonyl (C=O) groups excluding carboxylic acids is 1. The number of ether oxygens (including phenoxy) is 1. The second kappa shape index (κ2) is 5.67. The molecule has 1 aromatic heterocycles. The van der Waals surface area contributed by atoms with E-state index in [9.17, 15) is 4.79 Å². The molecule has 3 rings (SSSR count). The van der Waals surface area contributed by atoms with Crippen molar-refractivity contribution in [2.45, 2.75) is 13.1 Å². The summed E-state index contributed by atoms with van der Waals surface area (Å²) < 4.78 is 7.51. The maximum atomic E-state index is 12.2. The minimum atomic E-state index is -0.100. The van der Waals surface area contributed by atoms with E-state index in [0.29, 0.717) is 24.4 Å². The minimum Gasteiger partial charge on any atom is -0.482 e. The molecule has 2 heterocycles. The summed E-state index contributed by atoms with van der Waals surface area (Å²) >= 11 is 0. The standard InChI is InChI=1S/C15H14N4O2/c16-9-12-3-1-2-4-13(12)21-11-15(20)19-8-7-18-6-5-17-14(18)10-19/h1-6H,7-8,10-11H2. The molecule has 6 nitrogen and oxygen atoms in total. The highest BCUT2D eigenvalue weighted by Gasteiger charge is 2.21. The van der Waals surface area contributed by atoms with Crippen molar-refractivity contribution in [2.24, 2.45) is 0 Å². The Morgan fingerprint density at radius 3 is 3.10 bits per heavy atom. The summed E-state index contributed by atoms with van der Waals surface area (Å²) in [5.74, 6) is 1.22. The fraction of sp³-hybridized carbons (Fsp3) is 0.267. The zero-order chi connectivity index (χ0) is 14.7. The number of rotatable bonds is 3. The lowest BCUT2D eigenvalue weighted by Crippen LogP contribution is -2.40. The number of amides is 1. The Bertz CT molecular complexity index is 702. The molecule has 0 unspecified atom stereocenters. The van der Waals surface area contributed by atoms with Gasteiger partial charge in [0.25, 0.3) is 5.91 Å². The smallest absolute Gasteiger partial charge is 0.260 e. The first kappa shape index (κ1) is 13.2. The summed E-state index contributed by atoms with van der Waals surface area (Å²) in [6.45, 7) is 1.82. The number of fused-ring (bicyclic) bond motifs is 1. The predicted octanol–water partition coefficient (Wildman–Crippen LogP) is 1.18. The fourth-order valence-corrected chi connectivity index (χ4v) is 2.30. The summed E-state index contributed by atoms with van der Waals surface area (Å²) in [7, 11) is 0. The third kappa shape index (κ3) is 2.72. The van der Waals surface area contributed by atoms with E-state index in [2.05, 4.69) is 4.98 Å². The third-order valence-electron chi connectivity index (χ3n) is 3.46. The van der Waals surface area contributed by atoms with Gasteiger partial charge in [0.05, 0.1) is 12.1 Å². The van der Waals surface area contributed by atoms with E-state index in [1.54, 1.807) is 35.4 Å². The molecule has 2 aromatic rings. The summed E-state index contributed by atoms with van der Waals surface area (Å²) in [4.78, 5) is 18.1. The van der Waals surface area contributed by atoms with Crippen LogP contribution in [0.4, 0.5) is 0 Å². The number of hydrogen-bond acceptors (Lipinski definition) is 4. The van der Waals surface area contributed by atoms with Gasteiger partial charge >= 0.3 is 0 Å². The first-order valence-electron chi connectivity index (χ1n) is 6.67. The van der Waals surface area contributed by atoms with E-state index in [-0.39, 0.29) is 12.5 Å². The first-order chi connectivity index (χ1) is 10.3. The van der Waals surface area contributed by atoms with Crippen LogP contribution in [-0.4, -0.2) is 33.5 Å². The van der Waals surface area contributed by atoms with Crippen LogP contribution in [0.1, 0.15) is 11.4 Å². The van der Waals surface area contributed by atoms with Crippen LogP contribution in [0.5, 0.6) is 5.75 Å². The van der Waals surface area contributed by atoms with E-state index in [1.165, 1.54) is 0 Å². The number of carbonyl (C=O) groups is 1. The van der Waals surface area contributed by atoms with Crippen LogP contribution < -0.4 is 4.74 Å². The van der Waals surface area contributed by atoms with Gasteiger partial charge in [-0.15, -0.1) is 0 Å². The summed E-state index contributed by atoms with van der Waals surface area (Å²) in [5.41, 5.74) is 0.430. The Hall–Kier alpha value is -2.81. The molecule has 1 aliphatic heterocycles. The molecule has 0 atom stereocenters. The number of benzene rings is 1. The van der Waals surface area contributed by atoms with Crippen LogP contribution in [0, 0.1) is 11.3 Å². The van der Waals surface area contributed by atoms with Gasteiger partial charge in [-0.2, -0.15) is 5.26 Å². The van der Waals surface area contributed by atoms with Crippen molar-refractivity contribution in [2.75, 3.05) is 13.2 Å². The van der Waals surface area contributed by atoms with E-state index in [0.717, 1.165) is 12.4 Å². The Labute approximate surface area is 122 Å². The average molecular weight is 282 g/mol. The number of para-hydroxylation sites is 1. The Morgan fingerprint density at radius 2 is 2.24 bits per heavy atom. The SMILES string of the molecule is N#Cc1ccccc1OCC(=O)N1CCn2ccnc2C1. The number of aromatic nitrogens is 2. The highest BCUT2D eigenvalue weighted by atomic mass is 16.5. The Balaban J connectivity index is 1.62. The molecule has 0 saturated heterocycles. The average Bonchev–Trinajstić information content (AvgIpc) is 3.00.